The zero-order valence-electron chi connectivity index (χ0n) is 11.9. The van der Waals surface area contributed by atoms with Crippen LogP contribution in [0.3, 0.4) is 0 Å². The molecule has 0 radical (unpaired) electrons. The summed E-state index contributed by atoms with van der Waals surface area (Å²) in [6.07, 6.45) is 0.895. The summed E-state index contributed by atoms with van der Waals surface area (Å²) in [4.78, 5) is 0. The van der Waals surface area contributed by atoms with E-state index in [1.54, 1.807) is 0 Å². The molecule has 0 saturated heterocycles. The Balaban J connectivity index is 1.92. The van der Waals surface area contributed by atoms with Gasteiger partial charge in [-0.1, -0.05) is 29.8 Å². The zero-order chi connectivity index (χ0) is 14.8. The van der Waals surface area contributed by atoms with Gasteiger partial charge in [0.15, 0.2) is 11.5 Å². The van der Waals surface area contributed by atoms with Crippen LogP contribution in [0.1, 0.15) is 29.2 Å². The molecule has 1 atom stereocenters. The van der Waals surface area contributed by atoms with Crippen molar-refractivity contribution in [2.45, 2.75) is 19.4 Å². The Labute approximate surface area is 129 Å². The second kappa shape index (κ2) is 5.96. The van der Waals surface area contributed by atoms with Crippen molar-refractivity contribution in [3.8, 4) is 11.5 Å². The van der Waals surface area contributed by atoms with Gasteiger partial charge in [0, 0.05) is 11.4 Å². The number of ether oxygens (including phenoxy) is 2. The zero-order valence-corrected chi connectivity index (χ0v) is 12.7. The van der Waals surface area contributed by atoms with Gasteiger partial charge in [0.1, 0.15) is 0 Å². The van der Waals surface area contributed by atoms with E-state index in [0.29, 0.717) is 13.2 Å². The molecule has 0 aliphatic carbocycles. The quantitative estimate of drug-likeness (QED) is 0.916. The molecular weight excluding hydrogens is 286 g/mol. The standard InChI is InChI=1S/C17H18ClNO2/c1-11-9-12(3-5-14(11)18)17(19)13-4-6-15-16(10-13)21-8-2-7-20-15/h3-6,9-10,17H,2,7-8,19H2,1H3. The van der Waals surface area contributed by atoms with E-state index in [1.807, 2.05) is 43.3 Å². The summed E-state index contributed by atoms with van der Waals surface area (Å²) in [7, 11) is 0. The highest BCUT2D eigenvalue weighted by atomic mass is 35.5. The van der Waals surface area contributed by atoms with E-state index in [-0.39, 0.29) is 6.04 Å². The lowest BCUT2D eigenvalue weighted by molar-refractivity contribution is 0.297. The molecule has 0 amide bonds. The fraction of sp³-hybridized carbons (Fsp3) is 0.294. The number of hydrogen-bond donors (Lipinski definition) is 1. The van der Waals surface area contributed by atoms with Crippen LogP contribution in [-0.2, 0) is 0 Å². The second-order valence-electron chi connectivity index (χ2n) is 5.24. The average molecular weight is 304 g/mol. The summed E-state index contributed by atoms with van der Waals surface area (Å²) in [5, 5.41) is 0.754. The maximum Gasteiger partial charge on any atom is 0.161 e. The predicted molar refractivity (Wildman–Crippen MR) is 84.3 cm³/mol. The van der Waals surface area contributed by atoms with Crippen molar-refractivity contribution in [3.63, 3.8) is 0 Å². The van der Waals surface area contributed by atoms with Crippen LogP contribution in [0.25, 0.3) is 0 Å². The second-order valence-corrected chi connectivity index (χ2v) is 5.65. The number of benzene rings is 2. The summed E-state index contributed by atoms with van der Waals surface area (Å²) in [5.74, 6) is 1.56. The van der Waals surface area contributed by atoms with Gasteiger partial charge < -0.3 is 15.2 Å². The molecule has 0 spiro atoms. The largest absolute Gasteiger partial charge is 0.490 e. The Bertz CT molecular complexity index is 657. The molecule has 110 valence electrons. The molecule has 1 aliphatic rings. The third kappa shape index (κ3) is 2.99. The lowest BCUT2D eigenvalue weighted by Gasteiger charge is -2.16. The van der Waals surface area contributed by atoms with Crippen LogP contribution in [0, 0.1) is 6.92 Å². The number of rotatable bonds is 2. The van der Waals surface area contributed by atoms with Gasteiger partial charge in [0.25, 0.3) is 0 Å². The van der Waals surface area contributed by atoms with E-state index in [9.17, 15) is 0 Å². The summed E-state index contributed by atoms with van der Waals surface area (Å²) in [5.41, 5.74) is 9.43. The Morgan fingerprint density at radius 3 is 2.43 bits per heavy atom. The predicted octanol–water partition coefficient (Wildman–Crippen LogP) is 3.86. The van der Waals surface area contributed by atoms with E-state index < -0.39 is 0 Å². The average Bonchev–Trinajstić information content (AvgIpc) is 2.73. The third-order valence-corrected chi connectivity index (χ3v) is 4.10. The van der Waals surface area contributed by atoms with Gasteiger partial charge >= 0.3 is 0 Å². The van der Waals surface area contributed by atoms with Gasteiger partial charge in [-0.2, -0.15) is 0 Å². The van der Waals surface area contributed by atoms with Crippen molar-refractivity contribution in [1.82, 2.24) is 0 Å². The van der Waals surface area contributed by atoms with Crippen molar-refractivity contribution >= 4 is 11.6 Å². The molecule has 21 heavy (non-hydrogen) atoms. The van der Waals surface area contributed by atoms with Gasteiger partial charge in [0.05, 0.1) is 19.3 Å². The summed E-state index contributed by atoms with van der Waals surface area (Å²) >= 11 is 6.07. The van der Waals surface area contributed by atoms with E-state index in [1.165, 1.54) is 0 Å². The van der Waals surface area contributed by atoms with E-state index in [0.717, 1.165) is 39.6 Å². The highest BCUT2D eigenvalue weighted by molar-refractivity contribution is 6.31. The van der Waals surface area contributed by atoms with Crippen molar-refractivity contribution in [1.29, 1.82) is 0 Å². The molecule has 4 heteroatoms. The first kappa shape index (κ1) is 14.2. The molecule has 3 nitrogen and oxygen atoms in total. The molecule has 0 saturated carbocycles. The Kier molecular flexibility index (Phi) is 4.04. The molecule has 3 rings (SSSR count). The Morgan fingerprint density at radius 2 is 1.67 bits per heavy atom. The minimum absolute atomic E-state index is 0.210. The van der Waals surface area contributed by atoms with Gasteiger partial charge in [-0.05, 0) is 41.8 Å². The normalized spacial score (nSPS) is 15.4. The van der Waals surface area contributed by atoms with Crippen LogP contribution < -0.4 is 15.2 Å². The first-order chi connectivity index (χ1) is 10.1. The number of nitrogens with two attached hydrogens (primary N) is 1. The fourth-order valence-electron chi connectivity index (χ4n) is 2.43. The van der Waals surface area contributed by atoms with Crippen molar-refractivity contribution < 1.29 is 9.47 Å². The van der Waals surface area contributed by atoms with Crippen LogP contribution in [-0.4, -0.2) is 13.2 Å². The first-order valence-electron chi connectivity index (χ1n) is 7.06. The van der Waals surface area contributed by atoms with Crippen LogP contribution in [0.4, 0.5) is 0 Å². The van der Waals surface area contributed by atoms with Gasteiger partial charge in [-0.3, -0.25) is 0 Å². The molecule has 1 heterocycles. The van der Waals surface area contributed by atoms with Crippen molar-refractivity contribution in [2.75, 3.05) is 13.2 Å². The molecule has 0 fully saturated rings. The molecule has 0 bridgehead atoms. The van der Waals surface area contributed by atoms with Crippen molar-refractivity contribution in [2.24, 2.45) is 5.73 Å². The molecule has 1 aliphatic heterocycles. The van der Waals surface area contributed by atoms with Gasteiger partial charge in [0.2, 0.25) is 0 Å². The van der Waals surface area contributed by atoms with E-state index >= 15 is 0 Å². The van der Waals surface area contributed by atoms with Crippen LogP contribution in [0.2, 0.25) is 5.02 Å². The highest BCUT2D eigenvalue weighted by Crippen LogP contribution is 2.33. The van der Waals surface area contributed by atoms with Gasteiger partial charge in [-0.15, -0.1) is 0 Å². The summed E-state index contributed by atoms with van der Waals surface area (Å²) < 4.78 is 11.4. The third-order valence-electron chi connectivity index (χ3n) is 3.67. The highest BCUT2D eigenvalue weighted by Gasteiger charge is 2.15. The number of halogens is 1. The molecular formula is C17H18ClNO2. The van der Waals surface area contributed by atoms with Crippen LogP contribution in [0.5, 0.6) is 11.5 Å². The number of aryl methyl sites for hydroxylation is 1. The lowest BCUT2D eigenvalue weighted by atomic mass is 9.98. The maximum absolute atomic E-state index is 6.37. The number of fused-ring (bicyclic) bond motifs is 1. The molecule has 0 aromatic heterocycles. The SMILES string of the molecule is Cc1cc(C(N)c2ccc3c(c2)OCCCO3)ccc1Cl. The minimum atomic E-state index is -0.210. The summed E-state index contributed by atoms with van der Waals surface area (Å²) in [6.45, 7) is 3.34. The first-order valence-corrected chi connectivity index (χ1v) is 7.44. The van der Waals surface area contributed by atoms with E-state index in [4.69, 9.17) is 26.8 Å². The number of hydrogen-bond acceptors (Lipinski definition) is 3. The van der Waals surface area contributed by atoms with Gasteiger partial charge in [-0.25, -0.2) is 0 Å². The van der Waals surface area contributed by atoms with E-state index in [2.05, 4.69) is 0 Å². The van der Waals surface area contributed by atoms with Crippen molar-refractivity contribution in [3.05, 3.63) is 58.1 Å². The monoisotopic (exact) mass is 303 g/mol. The molecule has 2 N–H and O–H groups in total. The van der Waals surface area contributed by atoms with Crippen LogP contribution >= 0.6 is 11.6 Å². The fourth-order valence-corrected chi connectivity index (χ4v) is 2.54. The minimum Gasteiger partial charge on any atom is -0.490 e. The Hall–Kier alpha value is -1.71. The topological polar surface area (TPSA) is 44.5 Å². The Morgan fingerprint density at radius 1 is 1.00 bits per heavy atom. The lowest BCUT2D eigenvalue weighted by Crippen LogP contribution is -2.12. The molecule has 1 unspecified atom stereocenters. The maximum atomic E-state index is 6.37. The smallest absolute Gasteiger partial charge is 0.161 e. The summed E-state index contributed by atoms with van der Waals surface area (Å²) in [6, 6.07) is 11.5. The molecule has 2 aromatic carbocycles. The molecule has 2 aromatic rings. The van der Waals surface area contributed by atoms with Crippen LogP contribution in [0.15, 0.2) is 36.4 Å².